The Kier molecular flexibility index (Phi) is 6.41. The molecule has 1 heterocycles. The van der Waals surface area contributed by atoms with Gasteiger partial charge in [0.2, 0.25) is 11.8 Å². The Bertz CT molecular complexity index is 619. The summed E-state index contributed by atoms with van der Waals surface area (Å²) >= 11 is 0. The summed E-state index contributed by atoms with van der Waals surface area (Å²) in [4.78, 5) is 25.4. The van der Waals surface area contributed by atoms with Gasteiger partial charge in [0, 0.05) is 19.0 Å². The van der Waals surface area contributed by atoms with Crippen molar-refractivity contribution in [3.63, 3.8) is 0 Å². The summed E-state index contributed by atoms with van der Waals surface area (Å²) in [5, 5.41) is 5.23. The first-order valence-corrected chi connectivity index (χ1v) is 8.27. The number of rotatable bonds is 5. The highest BCUT2D eigenvalue weighted by atomic mass is 19.4. The van der Waals surface area contributed by atoms with E-state index in [-0.39, 0.29) is 24.2 Å². The van der Waals surface area contributed by atoms with Crippen molar-refractivity contribution >= 4 is 17.5 Å². The summed E-state index contributed by atoms with van der Waals surface area (Å²) in [6.45, 7) is 2.94. The molecule has 138 valence electrons. The molecule has 2 rings (SSSR count). The maximum atomic E-state index is 13.0. The van der Waals surface area contributed by atoms with Gasteiger partial charge in [0.05, 0.1) is 17.8 Å². The summed E-state index contributed by atoms with van der Waals surface area (Å²) < 4.78 is 38.9. The minimum absolute atomic E-state index is 0.00924. The van der Waals surface area contributed by atoms with Crippen molar-refractivity contribution in [2.24, 2.45) is 0 Å². The molecule has 2 N–H and O–H groups in total. The number of nitrogens with one attached hydrogen (secondary N) is 2. The Morgan fingerprint density at radius 1 is 1.24 bits per heavy atom. The van der Waals surface area contributed by atoms with Gasteiger partial charge in [-0.05, 0) is 31.5 Å². The van der Waals surface area contributed by atoms with E-state index in [0.717, 1.165) is 18.9 Å². The second kappa shape index (κ2) is 8.33. The molecule has 1 unspecified atom stereocenters. The van der Waals surface area contributed by atoms with Crippen LogP contribution in [-0.2, 0) is 15.8 Å². The van der Waals surface area contributed by atoms with E-state index < -0.39 is 17.6 Å². The third-order valence-corrected chi connectivity index (χ3v) is 4.07. The highest BCUT2D eigenvalue weighted by molar-refractivity contribution is 5.93. The Hall–Kier alpha value is -2.09. The largest absolute Gasteiger partial charge is 0.418 e. The van der Waals surface area contributed by atoms with Gasteiger partial charge in [0.15, 0.2) is 0 Å². The van der Waals surface area contributed by atoms with Crippen LogP contribution in [0.1, 0.15) is 31.7 Å². The van der Waals surface area contributed by atoms with E-state index in [9.17, 15) is 22.8 Å². The molecule has 0 saturated carbocycles. The van der Waals surface area contributed by atoms with Gasteiger partial charge < -0.3 is 10.6 Å². The number of alkyl halides is 3. The van der Waals surface area contributed by atoms with Gasteiger partial charge in [-0.2, -0.15) is 13.2 Å². The number of piperidine rings is 1. The van der Waals surface area contributed by atoms with E-state index in [4.69, 9.17) is 0 Å². The average Bonchev–Trinajstić information content (AvgIpc) is 2.54. The Labute approximate surface area is 144 Å². The van der Waals surface area contributed by atoms with Gasteiger partial charge in [-0.15, -0.1) is 0 Å². The molecule has 2 amide bonds. The van der Waals surface area contributed by atoms with Crippen LogP contribution in [0.4, 0.5) is 18.9 Å². The summed E-state index contributed by atoms with van der Waals surface area (Å²) in [5.41, 5.74) is -1.11. The molecule has 8 heteroatoms. The van der Waals surface area contributed by atoms with Crippen LogP contribution >= 0.6 is 0 Å². The average molecular weight is 357 g/mol. The number of likely N-dealkylation sites (tertiary alicyclic amines) is 1. The molecular weight excluding hydrogens is 335 g/mol. The molecule has 0 aliphatic carbocycles. The van der Waals surface area contributed by atoms with Gasteiger partial charge in [-0.1, -0.05) is 19.1 Å². The number of hydrogen-bond acceptors (Lipinski definition) is 3. The van der Waals surface area contributed by atoms with Crippen molar-refractivity contribution in [3.8, 4) is 0 Å². The van der Waals surface area contributed by atoms with Crippen molar-refractivity contribution in [2.45, 2.75) is 38.4 Å². The van der Waals surface area contributed by atoms with Crippen molar-refractivity contribution in [1.29, 1.82) is 0 Å². The second-order valence-electron chi connectivity index (χ2n) is 6.09. The molecule has 1 saturated heterocycles. The number of carbonyl (C=O) groups is 2. The minimum Gasteiger partial charge on any atom is -0.352 e. The molecule has 1 aliphatic heterocycles. The SMILES string of the molecule is CCC(=O)NC1CCCN(CC(=O)Nc2ccccc2C(F)(F)F)C1. The van der Waals surface area contributed by atoms with E-state index in [0.29, 0.717) is 19.5 Å². The third kappa shape index (κ3) is 5.74. The lowest BCUT2D eigenvalue weighted by atomic mass is 10.1. The molecule has 1 aliphatic rings. The van der Waals surface area contributed by atoms with Crippen molar-refractivity contribution in [2.75, 3.05) is 25.0 Å². The maximum Gasteiger partial charge on any atom is 0.418 e. The molecule has 0 spiro atoms. The van der Waals surface area contributed by atoms with Gasteiger partial charge >= 0.3 is 6.18 Å². The predicted octanol–water partition coefficient (Wildman–Crippen LogP) is 2.63. The number of anilines is 1. The molecule has 25 heavy (non-hydrogen) atoms. The first-order chi connectivity index (χ1) is 11.8. The first kappa shape index (κ1) is 19.2. The number of para-hydroxylation sites is 1. The quantitative estimate of drug-likeness (QED) is 0.852. The minimum atomic E-state index is -4.52. The fraction of sp³-hybridized carbons (Fsp3) is 0.529. The normalized spacial score (nSPS) is 18.6. The zero-order valence-corrected chi connectivity index (χ0v) is 14.0. The standard InChI is InChI=1S/C17H22F3N3O2/c1-2-15(24)21-12-6-5-9-23(10-12)11-16(25)22-14-8-4-3-7-13(14)17(18,19)20/h3-4,7-8,12H,2,5-6,9-11H2,1H3,(H,21,24)(H,22,25). The topological polar surface area (TPSA) is 61.4 Å². The van der Waals surface area contributed by atoms with Gasteiger partial charge in [-0.25, -0.2) is 0 Å². The Morgan fingerprint density at radius 2 is 1.96 bits per heavy atom. The molecule has 1 fully saturated rings. The van der Waals surface area contributed by atoms with Crippen LogP contribution in [0.5, 0.6) is 0 Å². The summed E-state index contributed by atoms with van der Waals surface area (Å²) in [7, 11) is 0. The molecule has 1 aromatic rings. The number of carbonyl (C=O) groups excluding carboxylic acids is 2. The van der Waals surface area contributed by atoms with E-state index in [1.54, 1.807) is 6.92 Å². The summed E-state index contributed by atoms with van der Waals surface area (Å²) in [6.07, 6.45) is -2.47. The van der Waals surface area contributed by atoms with Gasteiger partial charge in [-0.3, -0.25) is 14.5 Å². The monoisotopic (exact) mass is 357 g/mol. The number of amides is 2. The molecule has 1 atom stereocenters. The maximum absolute atomic E-state index is 13.0. The summed E-state index contributed by atoms with van der Waals surface area (Å²) in [6, 6.07) is 4.87. The van der Waals surface area contributed by atoms with Gasteiger partial charge in [0.25, 0.3) is 0 Å². The van der Waals surface area contributed by atoms with Crippen LogP contribution in [0.2, 0.25) is 0 Å². The summed E-state index contributed by atoms with van der Waals surface area (Å²) in [5.74, 6) is -0.547. The highest BCUT2D eigenvalue weighted by Crippen LogP contribution is 2.34. The number of nitrogens with zero attached hydrogens (tertiary/aromatic N) is 1. The zero-order valence-electron chi connectivity index (χ0n) is 14.0. The molecule has 0 bridgehead atoms. The van der Waals surface area contributed by atoms with Crippen LogP contribution in [-0.4, -0.2) is 42.4 Å². The van der Waals surface area contributed by atoms with Crippen LogP contribution < -0.4 is 10.6 Å². The third-order valence-electron chi connectivity index (χ3n) is 4.07. The smallest absolute Gasteiger partial charge is 0.352 e. The molecule has 0 radical (unpaired) electrons. The van der Waals surface area contributed by atoms with E-state index in [1.165, 1.54) is 18.2 Å². The van der Waals surface area contributed by atoms with Crippen LogP contribution in [0, 0.1) is 0 Å². The number of halogens is 3. The fourth-order valence-corrected chi connectivity index (χ4v) is 2.88. The van der Waals surface area contributed by atoms with E-state index >= 15 is 0 Å². The lowest BCUT2D eigenvalue weighted by Crippen LogP contribution is -2.49. The molecule has 1 aromatic carbocycles. The van der Waals surface area contributed by atoms with E-state index in [2.05, 4.69) is 10.6 Å². The van der Waals surface area contributed by atoms with Crippen molar-refractivity contribution < 1.29 is 22.8 Å². The highest BCUT2D eigenvalue weighted by Gasteiger charge is 2.33. The first-order valence-electron chi connectivity index (χ1n) is 8.27. The predicted molar refractivity (Wildman–Crippen MR) is 88.0 cm³/mol. The lowest BCUT2D eigenvalue weighted by molar-refractivity contribution is -0.137. The second-order valence-corrected chi connectivity index (χ2v) is 6.09. The zero-order chi connectivity index (χ0) is 18.4. The van der Waals surface area contributed by atoms with Gasteiger partial charge in [0.1, 0.15) is 0 Å². The molecule has 5 nitrogen and oxygen atoms in total. The number of hydrogen-bond donors (Lipinski definition) is 2. The van der Waals surface area contributed by atoms with Crippen molar-refractivity contribution in [1.82, 2.24) is 10.2 Å². The van der Waals surface area contributed by atoms with Crippen LogP contribution in [0.3, 0.4) is 0 Å². The Balaban J connectivity index is 1.93. The molecule has 0 aromatic heterocycles. The Morgan fingerprint density at radius 3 is 2.64 bits per heavy atom. The van der Waals surface area contributed by atoms with Crippen molar-refractivity contribution in [3.05, 3.63) is 29.8 Å². The number of benzene rings is 1. The molecular formula is C17H22F3N3O2. The van der Waals surface area contributed by atoms with Crippen LogP contribution in [0.25, 0.3) is 0 Å². The lowest BCUT2D eigenvalue weighted by Gasteiger charge is -2.32. The van der Waals surface area contributed by atoms with Crippen LogP contribution in [0.15, 0.2) is 24.3 Å². The fourth-order valence-electron chi connectivity index (χ4n) is 2.88. The van der Waals surface area contributed by atoms with E-state index in [1.807, 2.05) is 4.90 Å².